The van der Waals surface area contributed by atoms with E-state index in [1.165, 1.54) is 12.3 Å². The van der Waals surface area contributed by atoms with E-state index in [1.54, 1.807) is 18.2 Å². The van der Waals surface area contributed by atoms with Crippen molar-refractivity contribution in [3.05, 3.63) is 35.5 Å². The number of nitrogens with one attached hydrogen (secondary N) is 1. The van der Waals surface area contributed by atoms with E-state index >= 15 is 0 Å². The minimum absolute atomic E-state index is 0.108. The molecule has 0 amide bonds. The van der Waals surface area contributed by atoms with Crippen molar-refractivity contribution in [2.24, 2.45) is 0 Å². The summed E-state index contributed by atoms with van der Waals surface area (Å²) in [7, 11) is -4.05. The molecular weight excluding hydrogens is 328 g/mol. The predicted molar refractivity (Wildman–Crippen MR) is 81.3 cm³/mol. The minimum Gasteiger partial charge on any atom is -0.480 e. The van der Waals surface area contributed by atoms with Gasteiger partial charge in [-0.25, -0.2) is 8.42 Å². The maximum atomic E-state index is 12.6. The number of hydrogen-bond donors (Lipinski definition) is 2. The number of nitrogens with zero attached hydrogens (tertiary/aromatic N) is 1. The molecule has 0 aliphatic heterocycles. The molecule has 0 bridgehead atoms. The molecule has 1 aromatic carbocycles. The average molecular weight is 341 g/mol. The van der Waals surface area contributed by atoms with Crippen LogP contribution in [0, 0.1) is 0 Å². The van der Waals surface area contributed by atoms with Crippen LogP contribution in [0.5, 0.6) is 0 Å². The van der Waals surface area contributed by atoms with Crippen molar-refractivity contribution in [3.63, 3.8) is 0 Å². The van der Waals surface area contributed by atoms with E-state index in [1.807, 2.05) is 0 Å². The quantitative estimate of drug-likeness (QED) is 0.889. The molecule has 6 nitrogen and oxygen atoms in total. The van der Waals surface area contributed by atoms with Crippen LogP contribution in [0.4, 0.5) is 0 Å². The number of carbonyl (C=O) groups is 1. The molecule has 1 aliphatic carbocycles. The van der Waals surface area contributed by atoms with E-state index in [2.05, 4.69) is 9.71 Å². The standard InChI is InChI=1S/C14H13ClN2O4S/c15-10-7-9-3-1-6-16-12(9)11(8-10)22(20,21)17-14(13(18)19)4-2-5-14/h1,3,6-8,17H,2,4-5H2,(H,18,19). The predicted octanol–water partition coefficient (Wildman–Crippen LogP) is 2.17. The number of carboxylic acid groups (broad SMARTS) is 1. The molecule has 2 N–H and O–H groups in total. The number of fused-ring (bicyclic) bond motifs is 1. The molecule has 2 aromatic rings. The minimum atomic E-state index is -4.05. The Morgan fingerprint density at radius 2 is 2.09 bits per heavy atom. The van der Waals surface area contributed by atoms with Gasteiger partial charge in [0.05, 0.1) is 5.52 Å². The van der Waals surface area contributed by atoms with E-state index < -0.39 is 21.5 Å². The summed E-state index contributed by atoms with van der Waals surface area (Å²) >= 11 is 5.98. The molecule has 0 atom stereocenters. The molecule has 1 aromatic heterocycles. The van der Waals surface area contributed by atoms with Crippen molar-refractivity contribution in [1.29, 1.82) is 0 Å². The van der Waals surface area contributed by atoms with Gasteiger partial charge in [-0.15, -0.1) is 0 Å². The molecule has 1 heterocycles. The Labute approximate surface area is 132 Å². The molecule has 0 radical (unpaired) electrons. The maximum Gasteiger partial charge on any atom is 0.324 e. The summed E-state index contributed by atoms with van der Waals surface area (Å²) in [6.45, 7) is 0. The Balaban J connectivity index is 2.12. The molecule has 8 heteroatoms. The normalized spacial score (nSPS) is 17.1. The molecule has 1 aliphatic rings. The van der Waals surface area contributed by atoms with Crippen molar-refractivity contribution in [3.8, 4) is 0 Å². The number of aliphatic carboxylic acids is 1. The fraction of sp³-hybridized carbons (Fsp3) is 0.286. The van der Waals surface area contributed by atoms with Crippen LogP contribution < -0.4 is 4.72 Å². The summed E-state index contributed by atoms with van der Waals surface area (Å²) in [4.78, 5) is 15.3. The van der Waals surface area contributed by atoms with Gasteiger partial charge in [-0.05, 0) is 37.5 Å². The zero-order chi connectivity index (χ0) is 16.0. The molecule has 0 unspecified atom stereocenters. The van der Waals surface area contributed by atoms with Crippen LogP contribution in [-0.4, -0.2) is 30.0 Å². The van der Waals surface area contributed by atoms with E-state index in [0.29, 0.717) is 11.8 Å². The first-order valence-electron chi connectivity index (χ1n) is 6.66. The van der Waals surface area contributed by atoms with Gasteiger partial charge >= 0.3 is 5.97 Å². The second kappa shape index (κ2) is 5.19. The van der Waals surface area contributed by atoms with Crippen molar-refractivity contribution in [2.75, 3.05) is 0 Å². The lowest BCUT2D eigenvalue weighted by Gasteiger charge is -2.37. The second-order valence-electron chi connectivity index (χ2n) is 5.33. The number of aromatic nitrogens is 1. The highest BCUT2D eigenvalue weighted by molar-refractivity contribution is 7.89. The molecule has 0 saturated heterocycles. The Morgan fingerprint density at radius 3 is 2.68 bits per heavy atom. The van der Waals surface area contributed by atoms with E-state index in [4.69, 9.17) is 11.6 Å². The Bertz CT molecular complexity index is 862. The van der Waals surface area contributed by atoms with Gasteiger partial charge < -0.3 is 5.11 Å². The molecule has 3 rings (SSSR count). The van der Waals surface area contributed by atoms with Gasteiger partial charge in [-0.3, -0.25) is 9.78 Å². The van der Waals surface area contributed by atoms with Gasteiger partial charge in [0.25, 0.3) is 0 Å². The lowest BCUT2D eigenvalue weighted by molar-refractivity contribution is -0.147. The Morgan fingerprint density at radius 1 is 1.36 bits per heavy atom. The van der Waals surface area contributed by atoms with Gasteiger partial charge in [-0.2, -0.15) is 4.72 Å². The highest BCUT2D eigenvalue weighted by atomic mass is 35.5. The fourth-order valence-corrected chi connectivity index (χ4v) is 4.45. The van der Waals surface area contributed by atoms with Crippen LogP contribution in [0.1, 0.15) is 19.3 Å². The summed E-state index contributed by atoms with van der Waals surface area (Å²) in [5, 5.41) is 10.1. The number of carboxylic acids is 1. The highest BCUT2D eigenvalue weighted by Gasteiger charge is 2.47. The molecule has 0 spiro atoms. The largest absolute Gasteiger partial charge is 0.480 e. The molecule has 1 fully saturated rings. The van der Waals surface area contributed by atoms with Gasteiger partial charge in [0.1, 0.15) is 10.4 Å². The number of rotatable bonds is 4. The Hall–Kier alpha value is -1.70. The zero-order valence-electron chi connectivity index (χ0n) is 11.4. The number of benzene rings is 1. The number of halogens is 1. The third kappa shape index (κ3) is 2.45. The molecule has 1 saturated carbocycles. The van der Waals surface area contributed by atoms with Crippen LogP contribution in [0.2, 0.25) is 5.02 Å². The third-order valence-electron chi connectivity index (χ3n) is 3.87. The number of pyridine rings is 1. The average Bonchev–Trinajstić information content (AvgIpc) is 2.41. The topological polar surface area (TPSA) is 96.4 Å². The SMILES string of the molecule is O=C(O)C1(NS(=O)(=O)c2cc(Cl)cc3cccnc23)CCC1. The van der Waals surface area contributed by atoms with Gasteiger partial charge in [0, 0.05) is 16.6 Å². The van der Waals surface area contributed by atoms with E-state index in [9.17, 15) is 18.3 Å². The first kappa shape index (κ1) is 15.2. The lowest BCUT2D eigenvalue weighted by atomic mass is 9.78. The van der Waals surface area contributed by atoms with Crippen LogP contribution >= 0.6 is 11.6 Å². The summed E-state index contributed by atoms with van der Waals surface area (Å²) in [5.74, 6) is -1.17. The lowest BCUT2D eigenvalue weighted by Crippen LogP contribution is -2.58. The molecular formula is C14H13ClN2O4S. The monoisotopic (exact) mass is 340 g/mol. The first-order chi connectivity index (χ1) is 10.3. The van der Waals surface area contributed by atoms with Crippen molar-refractivity contribution in [1.82, 2.24) is 9.71 Å². The third-order valence-corrected chi connectivity index (χ3v) is 5.64. The summed E-state index contributed by atoms with van der Waals surface area (Å²) in [6, 6.07) is 6.27. The molecule has 116 valence electrons. The summed E-state index contributed by atoms with van der Waals surface area (Å²) in [5.41, 5.74) is -1.17. The van der Waals surface area contributed by atoms with Crippen LogP contribution in [0.3, 0.4) is 0 Å². The number of hydrogen-bond acceptors (Lipinski definition) is 4. The van der Waals surface area contributed by atoms with Gasteiger partial charge in [0.2, 0.25) is 10.0 Å². The molecule has 22 heavy (non-hydrogen) atoms. The summed E-state index contributed by atoms with van der Waals surface area (Å²) < 4.78 is 27.6. The Kier molecular flexibility index (Phi) is 3.58. The van der Waals surface area contributed by atoms with Crippen molar-refractivity contribution < 1.29 is 18.3 Å². The van der Waals surface area contributed by atoms with Crippen LogP contribution in [0.25, 0.3) is 10.9 Å². The fourth-order valence-electron chi connectivity index (χ4n) is 2.53. The second-order valence-corrected chi connectivity index (χ2v) is 7.41. The van der Waals surface area contributed by atoms with Crippen molar-refractivity contribution >= 4 is 38.5 Å². The van der Waals surface area contributed by atoms with Gasteiger partial charge in [-0.1, -0.05) is 17.7 Å². The zero-order valence-corrected chi connectivity index (χ0v) is 13.0. The maximum absolute atomic E-state index is 12.6. The van der Waals surface area contributed by atoms with E-state index in [-0.39, 0.29) is 28.3 Å². The van der Waals surface area contributed by atoms with Gasteiger partial charge in [0.15, 0.2) is 0 Å². The number of sulfonamides is 1. The van der Waals surface area contributed by atoms with Crippen LogP contribution in [-0.2, 0) is 14.8 Å². The van der Waals surface area contributed by atoms with Crippen molar-refractivity contribution in [2.45, 2.75) is 29.7 Å². The highest BCUT2D eigenvalue weighted by Crippen LogP contribution is 2.35. The first-order valence-corrected chi connectivity index (χ1v) is 8.52. The van der Waals surface area contributed by atoms with Crippen LogP contribution in [0.15, 0.2) is 35.4 Å². The summed E-state index contributed by atoms with van der Waals surface area (Å²) in [6.07, 6.45) is 2.69. The van der Waals surface area contributed by atoms with E-state index in [0.717, 1.165) is 0 Å². The smallest absolute Gasteiger partial charge is 0.324 e.